The zero-order valence-corrected chi connectivity index (χ0v) is 16.6. The second-order valence-corrected chi connectivity index (χ2v) is 7.36. The van der Waals surface area contributed by atoms with Crippen LogP contribution in [-0.4, -0.2) is 41.3 Å². The molecule has 5 aromatic rings. The van der Waals surface area contributed by atoms with Gasteiger partial charge >= 0.3 is 0 Å². The molecule has 1 aromatic carbocycles. The number of halogens is 1. The van der Waals surface area contributed by atoms with Gasteiger partial charge in [-0.05, 0) is 31.0 Å². The maximum Gasteiger partial charge on any atom is 0.160 e. The van der Waals surface area contributed by atoms with Gasteiger partial charge in [-0.3, -0.25) is 4.98 Å². The largest absolute Gasteiger partial charge is 0.508 e. The first kappa shape index (κ1) is 18.9. The lowest BCUT2D eigenvalue weighted by Crippen LogP contribution is -2.10. The van der Waals surface area contributed by atoms with Crippen molar-refractivity contribution in [2.45, 2.75) is 13.3 Å². The Balaban J connectivity index is 1.45. The minimum Gasteiger partial charge on any atom is -0.508 e. The molecule has 0 amide bonds. The van der Waals surface area contributed by atoms with E-state index in [1.807, 2.05) is 19.2 Å². The highest BCUT2D eigenvalue weighted by Gasteiger charge is 2.13. The van der Waals surface area contributed by atoms with Gasteiger partial charge in [0.25, 0.3) is 0 Å². The number of fused-ring (bicyclic) bond motifs is 2. The van der Waals surface area contributed by atoms with E-state index in [2.05, 4.69) is 25.4 Å². The normalized spacial score (nSPS) is 11.4. The van der Waals surface area contributed by atoms with Crippen molar-refractivity contribution in [3.05, 3.63) is 66.0 Å². The molecule has 4 heterocycles. The van der Waals surface area contributed by atoms with Crippen molar-refractivity contribution in [1.29, 1.82) is 0 Å². The van der Waals surface area contributed by atoms with Gasteiger partial charge in [0.15, 0.2) is 5.65 Å². The van der Waals surface area contributed by atoms with E-state index in [0.29, 0.717) is 41.2 Å². The molecule has 0 aliphatic carbocycles. The lowest BCUT2D eigenvalue weighted by molar-refractivity contribution is 0.454. The Bertz CT molecular complexity index is 1420. The summed E-state index contributed by atoms with van der Waals surface area (Å²) in [6, 6.07) is 6.13. The van der Waals surface area contributed by atoms with E-state index in [1.54, 1.807) is 23.0 Å². The van der Waals surface area contributed by atoms with Gasteiger partial charge in [0.2, 0.25) is 0 Å². The zero-order chi connectivity index (χ0) is 21.5. The lowest BCUT2D eigenvalue weighted by atomic mass is 10.1. The maximum atomic E-state index is 13.7. The second-order valence-electron chi connectivity index (χ2n) is 7.36. The van der Waals surface area contributed by atoms with Gasteiger partial charge < -0.3 is 20.5 Å². The van der Waals surface area contributed by atoms with E-state index in [1.165, 1.54) is 12.1 Å². The van der Waals surface area contributed by atoms with Crippen LogP contribution >= 0.6 is 0 Å². The van der Waals surface area contributed by atoms with E-state index < -0.39 is 5.82 Å². The van der Waals surface area contributed by atoms with Crippen LogP contribution < -0.4 is 5.32 Å². The van der Waals surface area contributed by atoms with Crippen molar-refractivity contribution in [2.24, 2.45) is 0 Å². The average Bonchev–Trinajstić information content (AvgIpc) is 3.32. The maximum absolute atomic E-state index is 13.7. The van der Waals surface area contributed by atoms with Gasteiger partial charge in [-0.2, -0.15) is 9.61 Å². The fourth-order valence-corrected chi connectivity index (χ4v) is 3.68. The molecule has 31 heavy (non-hydrogen) atoms. The number of rotatable bonds is 5. The van der Waals surface area contributed by atoms with Crippen LogP contribution in [0.5, 0.6) is 11.5 Å². The van der Waals surface area contributed by atoms with Crippen LogP contribution in [0.2, 0.25) is 0 Å². The first-order chi connectivity index (χ1) is 15.0. The number of aromatic hydroxyl groups is 2. The van der Waals surface area contributed by atoms with Crippen LogP contribution in [0.15, 0.2) is 49.1 Å². The Labute approximate surface area is 176 Å². The smallest absolute Gasteiger partial charge is 0.160 e. The molecular formula is C22H19FN6O2. The van der Waals surface area contributed by atoms with Crippen molar-refractivity contribution in [2.75, 3.05) is 11.9 Å². The monoisotopic (exact) mass is 418 g/mol. The molecule has 0 aliphatic rings. The van der Waals surface area contributed by atoms with E-state index in [4.69, 9.17) is 0 Å². The molecule has 0 aliphatic heterocycles. The average molecular weight is 418 g/mol. The molecule has 0 unspecified atom stereocenters. The first-order valence-corrected chi connectivity index (χ1v) is 9.72. The number of aryl methyl sites for hydroxylation is 1. The zero-order valence-electron chi connectivity index (χ0n) is 16.6. The molecule has 9 heteroatoms. The number of pyridine rings is 1. The van der Waals surface area contributed by atoms with Gasteiger partial charge in [0.05, 0.1) is 23.6 Å². The predicted molar refractivity (Wildman–Crippen MR) is 115 cm³/mol. The fourth-order valence-electron chi connectivity index (χ4n) is 3.68. The molecule has 0 radical (unpaired) electrons. The molecule has 5 rings (SSSR count). The van der Waals surface area contributed by atoms with Crippen LogP contribution in [0.4, 0.5) is 10.2 Å². The van der Waals surface area contributed by atoms with Crippen molar-refractivity contribution in [1.82, 2.24) is 24.6 Å². The topological polar surface area (TPSA) is 111 Å². The fraction of sp³-hybridized carbons (Fsp3) is 0.136. The van der Waals surface area contributed by atoms with E-state index >= 15 is 0 Å². The molecule has 0 spiro atoms. The number of H-pyrrole nitrogens is 1. The number of aromatic nitrogens is 5. The highest BCUT2D eigenvalue weighted by molar-refractivity contribution is 5.89. The van der Waals surface area contributed by atoms with Gasteiger partial charge in [0.1, 0.15) is 23.1 Å². The summed E-state index contributed by atoms with van der Waals surface area (Å²) in [6.45, 7) is 2.47. The third-order valence-electron chi connectivity index (χ3n) is 5.19. The van der Waals surface area contributed by atoms with Crippen LogP contribution in [-0.2, 0) is 6.42 Å². The van der Waals surface area contributed by atoms with E-state index in [0.717, 1.165) is 22.7 Å². The summed E-state index contributed by atoms with van der Waals surface area (Å²) in [6.07, 6.45) is 6.90. The van der Waals surface area contributed by atoms with Crippen LogP contribution in [0.3, 0.4) is 0 Å². The Kier molecular flexibility index (Phi) is 4.43. The van der Waals surface area contributed by atoms with Crippen LogP contribution in [0, 0.1) is 12.7 Å². The molecule has 0 saturated carbocycles. The van der Waals surface area contributed by atoms with E-state index in [9.17, 15) is 14.6 Å². The number of nitrogens with one attached hydrogen (secondary N) is 2. The van der Waals surface area contributed by atoms with Gasteiger partial charge in [0, 0.05) is 47.6 Å². The van der Waals surface area contributed by atoms with Gasteiger partial charge in [-0.1, -0.05) is 0 Å². The third-order valence-corrected chi connectivity index (χ3v) is 5.19. The molecule has 4 aromatic heterocycles. The van der Waals surface area contributed by atoms with Crippen molar-refractivity contribution in [3.8, 4) is 22.8 Å². The third kappa shape index (κ3) is 3.39. The number of phenols is 2. The van der Waals surface area contributed by atoms with Crippen LogP contribution in [0.1, 0.15) is 11.1 Å². The molecule has 0 fully saturated rings. The van der Waals surface area contributed by atoms with Crippen molar-refractivity contribution >= 4 is 22.4 Å². The summed E-state index contributed by atoms with van der Waals surface area (Å²) in [4.78, 5) is 11.6. The first-order valence-electron chi connectivity index (χ1n) is 9.72. The summed E-state index contributed by atoms with van der Waals surface area (Å²) in [5, 5.41) is 28.3. The number of phenolic OH excluding ortho intramolecular Hbond substituents is 2. The Morgan fingerprint density at radius 3 is 2.84 bits per heavy atom. The quantitative estimate of drug-likeness (QED) is 0.346. The molecule has 0 saturated heterocycles. The second kappa shape index (κ2) is 7.28. The molecule has 4 N–H and O–H groups in total. The number of hydrogen-bond donors (Lipinski definition) is 4. The summed E-state index contributed by atoms with van der Waals surface area (Å²) in [7, 11) is 0. The summed E-state index contributed by atoms with van der Waals surface area (Å²) in [5.41, 5.74) is 4.28. The number of benzene rings is 1. The lowest BCUT2D eigenvalue weighted by Gasteiger charge is -2.11. The summed E-state index contributed by atoms with van der Waals surface area (Å²) >= 11 is 0. The molecule has 8 nitrogen and oxygen atoms in total. The number of anilines is 1. The highest BCUT2D eigenvalue weighted by Crippen LogP contribution is 2.31. The Hall–Kier alpha value is -4.14. The predicted octanol–water partition coefficient (Wildman–Crippen LogP) is 3.79. The Morgan fingerprint density at radius 1 is 1.13 bits per heavy atom. The van der Waals surface area contributed by atoms with Crippen molar-refractivity contribution in [3.63, 3.8) is 0 Å². The van der Waals surface area contributed by atoms with Gasteiger partial charge in [-0.15, -0.1) is 0 Å². The molecular weight excluding hydrogens is 399 g/mol. The number of hydrogen-bond acceptors (Lipinski definition) is 6. The number of nitrogens with zero attached hydrogens (tertiary/aromatic N) is 4. The molecule has 0 atom stereocenters. The summed E-state index contributed by atoms with van der Waals surface area (Å²) < 4.78 is 15.4. The SMILES string of the molecule is Cc1cnn2c(NCCc3c[nH]c4c(O)cc(O)cc34)cc(-c3cncc(F)c3)nc12. The van der Waals surface area contributed by atoms with Crippen molar-refractivity contribution < 1.29 is 14.6 Å². The highest BCUT2D eigenvalue weighted by atomic mass is 19.1. The van der Waals surface area contributed by atoms with Gasteiger partial charge in [-0.25, -0.2) is 9.37 Å². The molecule has 156 valence electrons. The number of aromatic amines is 1. The minimum atomic E-state index is -0.426. The minimum absolute atomic E-state index is 0.00501. The molecule has 0 bridgehead atoms. The Morgan fingerprint density at radius 2 is 2.00 bits per heavy atom. The standard InChI is InChI=1S/C22H19FN6O2/c1-12-8-27-29-20(7-18(28-22(12)29)14-4-15(23)11-24-9-14)25-3-2-13-10-26-21-17(13)5-16(30)6-19(21)31/h4-11,25-26,30-31H,2-3H2,1H3. The van der Waals surface area contributed by atoms with Crippen LogP contribution in [0.25, 0.3) is 27.8 Å². The summed E-state index contributed by atoms with van der Waals surface area (Å²) in [5.74, 6) is 0.299. The van der Waals surface area contributed by atoms with E-state index in [-0.39, 0.29) is 11.5 Å².